The van der Waals surface area contributed by atoms with Gasteiger partial charge in [0.1, 0.15) is 6.10 Å². The van der Waals surface area contributed by atoms with E-state index < -0.39 is 0 Å². The number of fused-ring (bicyclic) bond motifs is 1. The molecule has 1 atom stereocenters. The second kappa shape index (κ2) is 7.93. The summed E-state index contributed by atoms with van der Waals surface area (Å²) in [4.78, 5) is 7.03. The Morgan fingerprint density at radius 1 is 0.875 bits per heavy atom. The summed E-state index contributed by atoms with van der Waals surface area (Å²) in [5.74, 6) is 0.676. The minimum atomic E-state index is -0.0280. The van der Waals surface area contributed by atoms with Crippen LogP contribution in [0.25, 0.3) is 10.9 Å². The molecular formula is C21H24N2O. The molecule has 124 valence electrons. The van der Waals surface area contributed by atoms with E-state index in [-0.39, 0.29) is 6.10 Å². The van der Waals surface area contributed by atoms with Crippen molar-refractivity contribution in [1.29, 1.82) is 0 Å². The van der Waals surface area contributed by atoms with Crippen LogP contribution < -0.4 is 4.74 Å². The number of rotatable bonds is 7. The first kappa shape index (κ1) is 16.5. The van der Waals surface area contributed by atoms with Crippen molar-refractivity contribution in [3.8, 4) is 5.88 Å². The first-order valence-corrected chi connectivity index (χ1v) is 8.60. The molecule has 0 radical (unpaired) electrons. The molecule has 0 fully saturated rings. The van der Waals surface area contributed by atoms with Crippen molar-refractivity contribution in [2.75, 3.05) is 19.6 Å². The predicted octanol–water partition coefficient (Wildman–Crippen LogP) is 4.70. The van der Waals surface area contributed by atoms with Gasteiger partial charge in [0.05, 0.1) is 5.52 Å². The Morgan fingerprint density at radius 2 is 1.58 bits per heavy atom. The molecule has 1 heterocycles. The van der Waals surface area contributed by atoms with Crippen molar-refractivity contribution in [2.45, 2.75) is 20.0 Å². The quantitative estimate of drug-likeness (QED) is 0.631. The summed E-state index contributed by atoms with van der Waals surface area (Å²) in [7, 11) is 0. The third kappa shape index (κ3) is 3.92. The molecule has 3 nitrogen and oxygen atoms in total. The van der Waals surface area contributed by atoms with E-state index in [9.17, 15) is 0 Å². The summed E-state index contributed by atoms with van der Waals surface area (Å²) in [6, 6.07) is 22.5. The molecule has 3 rings (SSSR count). The van der Waals surface area contributed by atoms with Crippen LogP contribution in [-0.2, 0) is 0 Å². The van der Waals surface area contributed by atoms with E-state index in [2.05, 4.69) is 60.1 Å². The Bertz CT molecular complexity index is 769. The maximum absolute atomic E-state index is 6.29. The lowest BCUT2D eigenvalue weighted by Gasteiger charge is -2.26. The number of benzene rings is 2. The van der Waals surface area contributed by atoms with Gasteiger partial charge in [0, 0.05) is 18.0 Å². The zero-order chi connectivity index (χ0) is 16.8. The van der Waals surface area contributed by atoms with Gasteiger partial charge in [-0.3, -0.25) is 4.90 Å². The number of hydrogen-bond donors (Lipinski definition) is 0. The first-order valence-electron chi connectivity index (χ1n) is 8.60. The maximum Gasteiger partial charge on any atom is 0.214 e. The van der Waals surface area contributed by atoms with Crippen LogP contribution in [-0.4, -0.2) is 29.5 Å². The van der Waals surface area contributed by atoms with Crippen LogP contribution in [0.4, 0.5) is 0 Å². The summed E-state index contributed by atoms with van der Waals surface area (Å²) >= 11 is 0. The van der Waals surface area contributed by atoms with Crippen LogP contribution in [0.3, 0.4) is 0 Å². The monoisotopic (exact) mass is 320 g/mol. The molecule has 0 saturated heterocycles. The summed E-state index contributed by atoms with van der Waals surface area (Å²) in [6.45, 7) is 7.23. The Balaban J connectivity index is 1.86. The van der Waals surface area contributed by atoms with Crippen LogP contribution in [0, 0.1) is 0 Å². The largest absolute Gasteiger partial charge is 0.468 e. The molecule has 0 N–H and O–H groups in total. The molecule has 0 aliphatic rings. The highest BCUT2D eigenvalue weighted by molar-refractivity contribution is 5.78. The van der Waals surface area contributed by atoms with Gasteiger partial charge in [0.2, 0.25) is 5.88 Å². The molecule has 0 aliphatic carbocycles. The summed E-state index contributed by atoms with van der Waals surface area (Å²) in [5, 5.41) is 1.13. The number of hydrogen-bond acceptors (Lipinski definition) is 3. The van der Waals surface area contributed by atoms with Gasteiger partial charge in [-0.2, -0.15) is 0 Å². The van der Waals surface area contributed by atoms with Gasteiger partial charge >= 0.3 is 0 Å². The van der Waals surface area contributed by atoms with Crippen LogP contribution in [0.5, 0.6) is 5.88 Å². The Hall–Kier alpha value is -2.39. The lowest BCUT2D eigenvalue weighted by Crippen LogP contribution is -2.30. The Kier molecular flexibility index (Phi) is 5.44. The second-order valence-corrected chi connectivity index (χ2v) is 5.85. The van der Waals surface area contributed by atoms with Crippen LogP contribution in [0.2, 0.25) is 0 Å². The second-order valence-electron chi connectivity index (χ2n) is 5.85. The average Bonchev–Trinajstić information content (AvgIpc) is 2.65. The Labute approximate surface area is 143 Å². The third-order valence-electron chi connectivity index (χ3n) is 4.33. The molecule has 0 aliphatic heterocycles. The van der Waals surface area contributed by atoms with Gasteiger partial charge in [0.25, 0.3) is 0 Å². The number of para-hydroxylation sites is 1. The van der Waals surface area contributed by atoms with Crippen molar-refractivity contribution in [1.82, 2.24) is 9.88 Å². The highest BCUT2D eigenvalue weighted by Gasteiger charge is 2.17. The SMILES string of the molecule is CCN(CC)C[C@H](Oc1ccc2ccccc2n1)c1ccccc1. The number of nitrogens with zero attached hydrogens (tertiary/aromatic N) is 2. The van der Waals surface area contributed by atoms with E-state index in [1.54, 1.807) is 0 Å². The third-order valence-corrected chi connectivity index (χ3v) is 4.33. The lowest BCUT2D eigenvalue weighted by atomic mass is 10.1. The molecule has 24 heavy (non-hydrogen) atoms. The van der Waals surface area contributed by atoms with E-state index in [0.717, 1.165) is 30.5 Å². The van der Waals surface area contributed by atoms with Gasteiger partial charge in [-0.1, -0.05) is 62.4 Å². The average molecular weight is 320 g/mol. The van der Waals surface area contributed by atoms with Crippen LogP contribution in [0.15, 0.2) is 66.7 Å². The molecule has 0 unspecified atom stereocenters. The zero-order valence-corrected chi connectivity index (χ0v) is 14.4. The molecule has 2 aromatic carbocycles. The van der Waals surface area contributed by atoms with Gasteiger partial charge in [0.15, 0.2) is 0 Å². The van der Waals surface area contributed by atoms with E-state index in [1.807, 2.05) is 30.3 Å². The van der Waals surface area contributed by atoms with Crippen molar-refractivity contribution >= 4 is 10.9 Å². The zero-order valence-electron chi connectivity index (χ0n) is 14.4. The van der Waals surface area contributed by atoms with Crippen LogP contribution in [0.1, 0.15) is 25.5 Å². The van der Waals surface area contributed by atoms with Crippen molar-refractivity contribution in [3.05, 3.63) is 72.3 Å². The minimum absolute atomic E-state index is 0.0280. The Morgan fingerprint density at radius 3 is 2.33 bits per heavy atom. The molecule has 0 amide bonds. The normalized spacial score (nSPS) is 12.5. The molecule has 3 aromatic rings. The molecule has 3 heteroatoms. The van der Waals surface area contributed by atoms with Crippen molar-refractivity contribution < 1.29 is 4.74 Å². The fourth-order valence-corrected chi connectivity index (χ4v) is 2.85. The molecule has 0 saturated carbocycles. The summed E-state index contributed by atoms with van der Waals surface area (Å²) < 4.78 is 6.29. The summed E-state index contributed by atoms with van der Waals surface area (Å²) in [5.41, 5.74) is 2.14. The highest BCUT2D eigenvalue weighted by Crippen LogP contribution is 2.23. The minimum Gasteiger partial charge on any atom is -0.468 e. The number of likely N-dealkylation sites (N-methyl/N-ethyl adjacent to an activating group) is 1. The molecular weight excluding hydrogens is 296 g/mol. The smallest absolute Gasteiger partial charge is 0.214 e. The fourth-order valence-electron chi connectivity index (χ4n) is 2.85. The number of aromatic nitrogens is 1. The van der Waals surface area contributed by atoms with Gasteiger partial charge in [-0.15, -0.1) is 0 Å². The van der Waals surface area contributed by atoms with Crippen molar-refractivity contribution in [3.63, 3.8) is 0 Å². The van der Waals surface area contributed by atoms with Crippen molar-refractivity contribution in [2.24, 2.45) is 0 Å². The topological polar surface area (TPSA) is 25.4 Å². The maximum atomic E-state index is 6.29. The molecule has 1 aromatic heterocycles. The van der Waals surface area contributed by atoms with Gasteiger partial charge in [-0.25, -0.2) is 4.98 Å². The van der Waals surface area contributed by atoms with Gasteiger partial charge in [-0.05, 0) is 30.8 Å². The highest BCUT2D eigenvalue weighted by atomic mass is 16.5. The summed E-state index contributed by atoms with van der Waals surface area (Å²) in [6.07, 6.45) is -0.0280. The molecule has 0 spiro atoms. The number of pyridine rings is 1. The number of ether oxygens (including phenoxy) is 1. The van der Waals surface area contributed by atoms with E-state index in [0.29, 0.717) is 5.88 Å². The van der Waals surface area contributed by atoms with E-state index in [4.69, 9.17) is 4.74 Å². The van der Waals surface area contributed by atoms with E-state index >= 15 is 0 Å². The first-order chi connectivity index (χ1) is 11.8. The van der Waals surface area contributed by atoms with E-state index in [1.165, 1.54) is 5.56 Å². The van der Waals surface area contributed by atoms with Crippen LogP contribution >= 0.6 is 0 Å². The fraction of sp³-hybridized carbons (Fsp3) is 0.286. The predicted molar refractivity (Wildman–Crippen MR) is 99.3 cm³/mol. The van der Waals surface area contributed by atoms with Gasteiger partial charge < -0.3 is 4.74 Å². The molecule has 0 bridgehead atoms. The lowest BCUT2D eigenvalue weighted by molar-refractivity contribution is 0.135. The standard InChI is InChI=1S/C21H24N2O/c1-3-23(4-2)16-20(18-11-6-5-7-12-18)24-21-15-14-17-10-8-9-13-19(17)22-21/h5-15,20H,3-4,16H2,1-2H3/t20-/m0/s1.